The molecule has 0 aliphatic carbocycles. The highest BCUT2D eigenvalue weighted by Gasteiger charge is 2.26. The number of nitrogens with zero attached hydrogens (tertiary/aromatic N) is 4. The van der Waals surface area contributed by atoms with E-state index in [1.807, 2.05) is 19.0 Å². The first-order valence-electron chi connectivity index (χ1n) is 5.07. The Hall–Kier alpha value is -1.14. The topological polar surface area (TPSA) is 49.3 Å². The summed E-state index contributed by atoms with van der Waals surface area (Å²) in [6.45, 7) is 1.49. The van der Waals surface area contributed by atoms with Crippen molar-refractivity contribution in [1.29, 1.82) is 0 Å². The van der Waals surface area contributed by atoms with Crippen molar-refractivity contribution in [2.45, 2.75) is 5.03 Å². The zero-order chi connectivity index (χ0) is 11.5. The van der Waals surface area contributed by atoms with Gasteiger partial charge >= 0.3 is 0 Å². The first kappa shape index (κ1) is 11.3. The van der Waals surface area contributed by atoms with Crippen molar-refractivity contribution in [3.8, 4) is 0 Å². The van der Waals surface area contributed by atoms with Crippen LogP contribution in [0.25, 0.3) is 0 Å². The lowest BCUT2D eigenvalue weighted by molar-refractivity contribution is -0.116. The third-order valence-corrected chi connectivity index (χ3v) is 3.26. The van der Waals surface area contributed by atoms with Crippen LogP contribution in [-0.2, 0) is 4.79 Å². The Kier molecular flexibility index (Phi) is 3.40. The maximum Gasteiger partial charge on any atom is 0.238 e. The van der Waals surface area contributed by atoms with E-state index < -0.39 is 0 Å². The zero-order valence-electron chi connectivity index (χ0n) is 9.38. The summed E-state index contributed by atoms with van der Waals surface area (Å²) in [6.07, 6.45) is 3.28. The molecule has 0 bridgehead atoms. The number of rotatable bonds is 3. The largest absolute Gasteiger partial charge is 0.308 e. The number of hydrogen-bond acceptors (Lipinski definition) is 5. The van der Waals surface area contributed by atoms with E-state index in [4.69, 9.17) is 0 Å². The van der Waals surface area contributed by atoms with Gasteiger partial charge in [0, 0.05) is 25.5 Å². The summed E-state index contributed by atoms with van der Waals surface area (Å²) >= 11 is 1.46. The van der Waals surface area contributed by atoms with Crippen molar-refractivity contribution in [3.63, 3.8) is 0 Å². The second kappa shape index (κ2) is 4.80. The van der Waals surface area contributed by atoms with Crippen LogP contribution in [-0.4, -0.2) is 53.7 Å². The van der Waals surface area contributed by atoms with E-state index in [2.05, 4.69) is 9.97 Å². The minimum absolute atomic E-state index is 0.111. The molecular weight excluding hydrogens is 224 g/mol. The van der Waals surface area contributed by atoms with Crippen LogP contribution in [0.2, 0.25) is 0 Å². The molecule has 2 rings (SSSR count). The number of anilines is 1. The molecule has 0 radical (unpaired) electrons. The van der Waals surface area contributed by atoms with Gasteiger partial charge in [-0.25, -0.2) is 9.97 Å². The van der Waals surface area contributed by atoms with Crippen molar-refractivity contribution in [2.24, 2.45) is 0 Å². The number of amides is 1. The predicted molar refractivity (Wildman–Crippen MR) is 63.7 cm³/mol. The first-order chi connectivity index (χ1) is 7.68. The minimum Gasteiger partial charge on any atom is -0.308 e. The highest BCUT2D eigenvalue weighted by Crippen LogP contribution is 2.30. The van der Waals surface area contributed by atoms with Gasteiger partial charge < -0.3 is 4.90 Å². The maximum absolute atomic E-state index is 11.8. The van der Waals surface area contributed by atoms with Gasteiger partial charge in [-0.3, -0.25) is 9.69 Å². The van der Waals surface area contributed by atoms with E-state index in [-0.39, 0.29) is 5.91 Å². The van der Waals surface area contributed by atoms with Gasteiger partial charge in [-0.2, -0.15) is 0 Å². The monoisotopic (exact) mass is 238 g/mol. The van der Waals surface area contributed by atoms with Gasteiger partial charge in [0.1, 0.15) is 5.03 Å². The summed E-state index contributed by atoms with van der Waals surface area (Å²) in [6, 6.07) is 0. The summed E-state index contributed by atoms with van der Waals surface area (Å²) in [5.41, 5.74) is 0. The average molecular weight is 238 g/mol. The van der Waals surface area contributed by atoms with Gasteiger partial charge in [-0.1, -0.05) is 11.8 Å². The molecule has 6 heteroatoms. The third kappa shape index (κ3) is 2.33. The van der Waals surface area contributed by atoms with Crippen LogP contribution in [0.15, 0.2) is 17.4 Å². The van der Waals surface area contributed by atoms with Gasteiger partial charge in [0.15, 0.2) is 5.82 Å². The molecule has 2 heterocycles. The van der Waals surface area contributed by atoms with Gasteiger partial charge in [0.25, 0.3) is 0 Å². The third-order valence-electron chi connectivity index (χ3n) is 2.31. The number of thioether (sulfide) groups is 1. The normalized spacial score (nSPS) is 15.4. The average Bonchev–Trinajstić information content (AvgIpc) is 2.27. The van der Waals surface area contributed by atoms with E-state index in [9.17, 15) is 4.79 Å². The molecular formula is C10H14N4OS. The Morgan fingerprint density at radius 1 is 1.44 bits per heavy atom. The lowest BCUT2D eigenvalue weighted by Gasteiger charge is -2.27. The van der Waals surface area contributed by atoms with Gasteiger partial charge in [0.2, 0.25) is 5.91 Å². The Balaban J connectivity index is 2.19. The number of aromatic nitrogens is 2. The van der Waals surface area contributed by atoms with E-state index in [0.29, 0.717) is 18.1 Å². The molecule has 1 aliphatic rings. The van der Waals surface area contributed by atoms with E-state index >= 15 is 0 Å². The van der Waals surface area contributed by atoms with Crippen molar-refractivity contribution in [3.05, 3.63) is 12.4 Å². The smallest absolute Gasteiger partial charge is 0.238 e. The zero-order valence-corrected chi connectivity index (χ0v) is 10.2. The molecule has 1 aliphatic heterocycles. The molecule has 0 aromatic carbocycles. The van der Waals surface area contributed by atoms with Gasteiger partial charge in [0.05, 0.1) is 5.75 Å². The van der Waals surface area contributed by atoms with Crippen LogP contribution in [0.3, 0.4) is 0 Å². The first-order valence-corrected chi connectivity index (χ1v) is 6.06. The number of carbonyl (C=O) groups is 1. The van der Waals surface area contributed by atoms with E-state index in [1.54, 1.807) is 17.3 Å². The van der Waals surface area contributed by atoms with E-state index in [0.717, 1.165) is 11.6 Å². The summed E-state index contributed by atoms with van der Waals surface area (Å²) in [4.78, 5) is 24.0. The Morgan fingerprint density at radius 2 is 2.19 bits per heavy atom. The van der Waals surface area contributed by atoms with Crippen LogP contribution in [0, 0.1) is 0 Å². The Morgan fingerprint density at radius 3 is 2.94 bits per heavy atom. The molecule has 5 nitrogen and oxygen atoms in total. The summed E-state index contributed by atoms with van der Waals surface area (Å²) in [5, 5.41) is 0.848. The molecule has 86 valence electrons. The van der Waals surface area contributed by atoms with Crippen LogP contribution >= 0.6 is 11.8 Å². The quantitative estimate of drug-likeness (QED) is 0.766. The fourth-order valence-electron chi connectivity index (χ4n) is 1.46. The highest BCUT2D eigenvalue weighted by molar-refractivity contribution is 8.00. The molecule has 0 unspecified atom stereocenters. The lowest BCUT2D eigenvalue weighted by atomic mass is 10.4. The molecule has 0 saturated carbocycles. The molecule has 0 N–H and O–H groups in total. The van der Waals surface area contributed by atoms with Crippen molar-refractivity contribution in [1.82, 2.24) is 14.9 Å². The molecule has 0 fully saturated rings. The molecule has 0 atom stereocenters. The SMILES string of the molecule is CN(C)CCN1C(=O)CSc2nccnc21. The van der Waals surface area contributed by atoms with E-state index in [1.165, 1.54) is 11.8 Å². The summed E-state index contributed by atoms with van der Waals surface area (Å²) in [7, 11) is 3.97. The molecule has 0 saturated heterocycles. The van der Waals surface area contributed by atoms with Gasteiger partial charge in [-0.05, 0) is 14.1 Å². The second-order valence-corrected chi connectivity index (χ2v) is 4.79. The molecule has 1 aromatic rings. The fourth-order valence-corrected chi connectivity index (χ4v) is 2.31. The van der Waals surface area contributed by atoms with Gasteiger partial charge in [-0.15, -0.1) is 0 Å². The number of carbonyl (C=O) groups excluding carboxylic acids is 1. The lowest BCUT2D eigenvalue weighted by Crippen LogP contribution is -2.40. The Bertz CT molecular complexity index is 396. The standard InChI is InChI=1S/C10H14N4OS/c1-13(2)5-6-14-8(15)7-16-10-9(14)11-3-4-12-10/h3-4H,5-7H2,1-2H3. The maximum atomic E-state index is 11.8. The van der Waals surface area contributed by atoms with Crippen LogP contribution in [0.5, 0.6) is 0 Å². The number of likely N-dealkylation sites (N-methyl/N-ethyl adjacent to an activating group) is 1. The predicted octanol–water partition coefficient (Wildman–Crippen LogP) is 0.477. The minimum atomic E-state index is 0.111. The van der Waals surface area contributed by atoms with Crippen molar-refractivity contribution < 1.29 is 4.79 Å². The molecule has 1 amide bonds. The molecule has 0 spiro atoms. The Labute approximate surface area is 98.9 Å². The fraction of sp³-hybridized carbons (Fsp3) is 0.500. The number of fused-ring (bicyclic) bond motifs is 1. The second-order valence-electron chi connectivity index (χ2n) is 3.82. The van der Waals surface area contributed by atoms with Crippen LogP contribution < -0.4 is 4.90 Å². The summed E-state index contributed by atoms with van der Waals surface area (Å²) < 4.78 is 0. The summed E-state index contributed by atoms with van der Waals surface area (Å²) in [5.74, 6) is 1.27. The van der Waals surface area contributed by atoms with Crippen molar-refractivity contribution in [2.75, 3.05) is 37.8 Å². The molecule has 16 heavy (non-hydrogen) atoms. The molecule has 1 aromatic heterocycles. The van der Waals surface area contributed by atoms with Crippen LogP contribution in [0.1, 0.15) is 0 Å². The van der Waals surface area contributed by atoms with Crippen LogP contribution in [0.4, 0.5) is 5.82 Å². The van der Waals surface area contributed by atoms with Crippen molar-refractivity contribution >= 4 is 23.5 Å². The highest BCUT2D eigenvalue weighted by atomic mass is 32.2. The number of hydrogen-bond donors (Lipinski definition) is 0.